The Morgan fingerprint density at radius 2 is 1.79 bits per heavy atom. The van der Waals surface area contributed by atoms with Crippen LogP contribution in [0.15, 0.2) is 71.7 Å². The fourth-order valence-corrected chi connectivity index (χ4v) is 3.65. The molecule has 0 bridgehead atoms. The normalized spacial score (nSPS) is 18.9. The van der Waals surface area contributed by atoms with Crippen LogP contribution in [0, 0.1) is 5.82 Å². The molecule has 3 aromatic carbocycles. The van der Waals surface area contributed by atoms with E-state index in [0.717, 1.165) is 22.4 Å². The number of phenolic OH excluding ortho intramolecular Hbond substituents is 1. The van der Waals surface area contributed by atoms with Crippen molar-refractivity contribution in [3.05, 3.63) is 94.3 Å². The molecule has 6 heteroatoms. The predicted molar refractivity (Wildman–Crippen MR) is 112 cm³/mol. The molecule has 0 unspecified atom stereocenters. The van der Waals surface area contributed by atoms with Crippen LogP contribution in [-0.4, -0.2) is 17.9 Å². The van der Waals surface area contributed by atoms with Crippen LogP contribution in [0.1, 0.15) is 35.3 Å². The van der Waals surface area contributed by atoms with Gasteiger partial charge in [0.15, 0.2) is 11.5 Å². The molecule has 1 heterocycles. The topological polar surface area (TPSA) is 53.8 Å². The number of aliphatic imine (C=N–C) groups is 1. The average Bonchev–Trinajstić information content (AvgIpc) is 2.74. The Hall–Kier alpha value is -2.89. The van der Waals surface area contributed by atoms with Gasteiger partial charge in [-0.2, -0.15) is 0 Å². The molecule has 2 atom stereocenters. The molecule has 0 fully saturated rings. The third-order valence-electron chi connectivity index (χ3n) is 5.03. The standard InChI is InChI=1S/C23H20ClFN2O2/c1-29-21-4-2-3-18(22(21)28)20-13-19(14-5-9-16(24)10-6-14)26-23(27-20)15-7-11-17(25)12-8-15/h2-12,20,23,27-28H,13H2,1H3/t20-,23-/m1/s1. The van der Waals surface area contributed by atoms with Crippen LogP contribution in [0.25, 0.3) is 0 Å². The number of nitrogens with one attached hydrogen (secondary N) is 1. The lowest BCUT2D eigenvalue weighted by atomic mass is 9.93. The lowest BCUT2D eigenvalue weighted by Gasteiger charge is -2.31. The van der Waals surface area contributed by atoms with Crippen LogP contribution in [0.2, 0.25) is 5.02 Å². The van der Waals surface area contributed by atoms with Crippen molar-refractivity contribution in [2.75, 3.05) is 7.11 Å². The van der Waals surface area contributed by atoms with Crippen LogP contribution in [0.3, 0.4) is 0 Å². The first kappa shape index (κ1) is 19.4. The number of benzene rings is 3. The Morgan fingerprint density at radius 1 is 1.07 bits per heavy atom. The maximum Gasteiger partial charge on any atom is 0.162 e. The van der Waals surface area contributed by atoms with Gasteiger partial charge in [0.25, 0.3) is 0 Å². The largest absolute Gasteiger partial charge is 0.504 e. The van der Waals surface area contributed by atoms with Gasteiger partial charge in [0.05, 0.1) is 7.11 Å². The van der Waals surface area contributed by atoms with Gasteiger partial charge in [0.2, 0.25) is 0 Å². The third kappa shape index (κ3) is 4.11. The van der Waals surface area contributed by atoms with E-state index in [1.807, 2.05) is 36.4 Å². The molecule has 2 N–H and O–H groups in total. The Kier molecular flexibility index (Phi) is 5.51. The Bertz CT molecular complexity index is 1040. The number of para-hydroxylation sites is 1. The van der Waals surface area contributed by atoms with E-state index in [0.29, 0.717) is 17.2 Å². The summed E-state index contributed by atoms with van der Waals surface area (Å²) in [5, 5.41) is 14.8. The van der Waals surface area contributed by atoms with Crippen molar-refractivity contribution in [2.24, 2.45) is 4.99 Å². The van der Waals surface area contributed by atoms with Gasteiger partial charge in [0.1, 0.15) is 12.0 Å². The minimum atomic E-state index is -0.384. The SMILES string of the molecule is COc1cccc([C@H]2CC(c3ccc(Cl)cc3)=N[C@@H](c3ccc(F)cc3)N2)c1O. The summed E-state index contributed by atoms with van der Waals surface area (Å²) in [6.45, 7) is 0. The van der Waals surface area contributed by atoms with E-state index in [4.69, 9.17) is 21.3 Å². The molecule has 3 aromatic rings. The molecule has 0 amide bonds. The molecule has 0 saturated heterocycles. The number of nitrogens with zero attached hydrogens (tertiary/aromatic N) is 1. The zero-order valence-corrected chi connectivity index (χ0v) is 16.5. The molecule has 4 nitrogen and oxygen atoms in total. The molecule has 148 valence electrons. The van der Waals surface area contributed by atoms with E-state index in [2.05, 4.69) is 5.32 Å². The van der Waals surface area contributed by atoms with Crippen LogP contribution in [-0.2, 0) is 0 Å². The highest BCUT2D eigenvalue weighted by molar-refractivity contribution is 6.30. The number of hydrogen-bond acceptors (Lipinski definition) is 4. The van der Waals surface area contributed by atoms with E-state index in [1.54, 1.807) is 18.2 Å². The van der Waals surface area contributed by atoms with E-state index >= 15 is 0 Å². The highest BCUT2D eigenvalue weighted by Gasteiger charge is 2.28. The molecule has 0 spiro atoms. The maximum atomic E-state index is 13.4. The first-order valence-corrected chi connectivity index (χ1v) is 9.63. The molecular weight excluding hydrogens is 391 g/mol. The molecule has 29 heavy (non-hydrogen) atoms. The molecule has 1 aliphatic heterocycles. The number of rotatable bonds is 4. The smallest absolute Gasteiger partial charge is 0.162 e. The average molecular weight is 411 g/mol. The Labute approximate surface area is 173 Å². The minimum Gasteiger partial charge on any atom is -0.504 e. The monoisotopic (exact) mass is 410 g/mol. The summed E-state index contributed by atoms with van der Waals surface area (Å²) in [5.74, 6) is 0.217. The fourth-order valence-electron chi connectivity index (χ4n) is 3.52. The van der Waals surface area contributed by atoms with Gasteiger partial charge in [0, 0.05) is 28.8 Å². The Balaban J connectivity index is 1.76. The Morgan fingerprint density at radius 3 is 2.48 bits per heavy atom. The summed E-state index contributed by atoms with van der Waals surface area (Å²) in [5.41, 5.74) is 3.39. The number of halogens is 2. The molecule has 0 aliphatic carbocycles. The van der Waals surface area contributed by atoms with E-state index in [9.17, 15) is 9.50 Å². The van der Waals surface area contributed by atoms with E-state index < -0.39 is 0 Å². The fraction of sp³-hybridized carbons (Fsp3) is 0.174. The van der Waals surface area contributed by atoms with E-state index in [-0.39, 0.29) is 23.8 Å². The molecule has 4 rings (SSSR count). The molecule has 0 saturated carbocycles. The van der Waals surface area contributed by atoms with E-state index in [1.165, 1.54) is 19.2 Å². The van der Waals surface area contributed by atoms with Crippen molar-refractivity contribution in [1.29, 1.82) is 0 Å². The van der Waals surface area contributed by atoms with Gasteiger partial charge in [-0.15, -0.1) is 0 Å². The van der Waals surface area contributed by atoms with Crippen molar-refractivity contribution in [3.63, 3.8) is 0 Å². The van der Waals surface area contributed by atoms with Gasteiger partial charge >= 0.3 is 0 Å². The number of aromatic hydroxyl groups is 1. The first-order chi connectivity index (χ1) is 14.0. The van der Waals surface area contributed by atoms with Crippen LogP contribution in [0.4, 0.5) is 4.39 Å². The van der Waals surface area contributed by atoms with Gasteiger partial charge in [-0.05, 0) is 41.5 Å². The lowest BCUT2D eigenvalue weighted by molar-refractivity contribution is 0.360. The first-order valence-electron chi connectivity index (χ1n) is 9.25. The summed E-state index contributed by atoms with van der Waals surface area (Å²) in [6, 6.07) is 19.0. The number of phenols is 1. The highest BCUT2D eigenvalue weighted by atomic mass is 35.5. The van der Waals surface area contributed by atoms with Crippen molar-refractivity contribution in [1.82, 2.24) is 5.32 Å². The molecule has 0 aromatic heterocycles. The molecule has 1 aliphatic rings. The zero-order valence-electron chi connectivity index (χ0n) is 15.8. The second-order valence-corrected chi connectivity index (χ2v) is 7.29. The van der Waals surface area contributed by atoms with Gasteiger partial charge < -0.3 is 9.84 Å². The second kappa shape index (κ2) is 8.23. The molecule has 0 radical (unpaired) electrons. The predicted octanol–water partition coefficient (Wildman–Crippen LogP) is 5.42. The minimum absolute atomic E-state index is 0.0997. The van der Waals surface area contributed by atoms with Crippen molar-refractivity contribution in [3.8, 4) is 11.5 Å². The summed E-state index contributed by atoms with van der Waals surface area (Å²) >= 11 is 6.03. The molecular formula is C23H20ClFN2O2. The summed E-state index contributed by atoms with van der Waals surface area (Å²) in [4.78, 5) is 4.86. The second-order valence-electron chi connectivity index (χ2n) is 6.86. The van der Waals surface area contributed by atoms with Gasteiger partial charge in [-0.3, -0.25) is 10.3 Å². The lowest BCUT2D eigenvalue weighted by Crippen LogP contribution is -2.33. The van der Waals surface area contributed by atoms with Gasteiger partial charge in [-0.1, -0.05) is 48.0 Å². The third-order valence-corrected chi connectivity index (χ3v) is 5.28. The summed E-state index contributed by atoms with van der Waals surface area (Å²) in [7, 11) is 1.52. The zero-order chi connectivity index (χ0) is 20.4. The van der Waals surface area contributed by atoms with Crippen LogP contribution in [0.5, 0.6) is 11.5 Å². The van der Waals surface area contributed by atoms with Crippen molar-refractivity contribution >= 4 is 17.3 Å². The van der Waals surface area contributed by atoms with Gasteiger partial charge in [-0.25, -0.2) is 4.39 Å². The van der Waals surface area contributed by atoms with Crippen molar-refractivity contribution in [2.45, 2.75) is 18.6 Å². The number of ether oxygens (including phenoxy) is 1. The summed E-state index contributed by atoms with van der Waals surface area (Å²) < 4.78 is 18.7. The number of methoxy groups -OCH3 is 1. The van der Waals surface area contributed by atoms with Crippen LogP contribution >= 0.6 is 11.6 Å². The maximum absolute atomic E-state index is 13.4. The highest BCUT2D eigenvalue weighted by Crippen LogP contribution is 2.38. The number of hydrogen-bond donors (Lipinski definition) is 2. The van der Waals surface area contributed by atoms with Crippen LogP contribution < -0.4 is 10.1 Å². The quantitative estimate of drug-likeness (QED) is 0.604. The van der Waals surface area contributed by atoms with Crippen molar-refractivity contribution < 1.29 is 14.2 Å². The summed E-state index contributed by atoms with van der Waals surface area (Å²) in [6.07, 6.45) is 0.186.